The number of halogens is 4. The van der Waals surface area contributed by atoms with Gasteiger partial charge in [-0.05, 0) is 18.2 Å². The molecule has 13 heteroatoms. The number of alkyl halides is 3. The summed E-state index contributed by atoms with van der Waals surface area (Å²) in [6.45, 7) is 3.32. The quantitative estimate of drug-likeness (QED) is 0.468. The molecule has 1 atom stereocenters. The van der Waals surface area contributed by atoms with E-state index < -0.39 is 24.3 Å². The van der Waals surface area contributed by atoms with Gasteiger partial charge >= 0.3 is 6.18 Å². The molecule has 0 spiro atoms. The number of carbonyl (C=O) groups is 1. The Labute approximate surface area is 216 Å². The Balaban J connectivity index is 1.31. The average molecular weight is 534 g/mol. The first kappa shape index (κ1) is 26.0. The van der Waals surface area contributed by atoms with E-state index in [4.69, 9.17) is 9.72 Å². The predicted octanol–water partition coefficient (Wildman–Crippen LogP) is 2.83. The number of carbonyl (C=O) groups excluding carboxylic acids is 1. The monoisotopic (exact) mass is 533 g/mol. The van der Waals surface area contributed by atoms with Gasteiger partial charge in [-0.3, -0.25) is 9.78 Å². The topological polar surface area (TPSA) is 95.5 Å². The summed E-state index contributed by atoms with van der Waals surface area (Å²) in [5.41, 5.74) is 2.56. The summed E-state index contributed by atoms with van der Waals surface area (Å²) in [7, 11) is 0. The first-order chi connectivity index (χ1) is 18.3. The third kappa shape index (κ3) is 6.10. The molecule has 0 bridgehead atoms. The van der Waals surface area contributed by atoms with Crippen LogP contribution in [0.15, 0.2) is 36.7 Å². The van der Waals surface area contributed by atoms with E-state index in [9.17, 15) is 18.0 Å². The van der Waals surface area contributed by atoms with Gasteiger partial charge in [0.05, 0.1) is 29.6 Å². The van der Waals surface area contributed by atoms with Crippen LogP contribution in [0.2, 0.25) is 0 Å². The zero-order valence-electron chi connectivity index (χ0n) is 20.5. The maximum atomic E-state index is 15.2. The lowest BCUT2D eigenvalue weighted by Gasteiger charge is -2.36. The summed E-state index contributed by atoms with van der Waals surface area (Å²) in [6, 6.07) is 6.47. The molecule has 2 aliphatic rings. The van der Waals surface area contributed by atoms with Crippen LogP contribution in [0.3, 0.4) is 0 Å². The largest absolute Gasteiger partial charge is 0.397 e. The Bertz CT molecular complexity index is 1290. The van der Waals surface area contributed by atoms with Gasteiger partial charge in [0.25, 0.3) is 0 Å². The molecule has 1 amide bonds. The number of amides is 1. The van der Waals surface area contributed by atoms with E-state index in [2.05, 4.69) is 20.6 Å². The van der Waals surface area contributed by atoms with Crippen molar-refractivity contribution >= 4 is 28.4 Å². The van der Waals surface area contributed by atoms with Crippen LogP contribution < -0.4 is 15.5 Å². The summed E-state index contributed by atoms with van der Waals surface area (Å²) < 4.78 is 58.6. The summed E-state index contributed by atoms with van der Waals surface area (Å²) in [5, 5.41) is 6.57. The molecule has 4 heterocycles. The molecule has 2 N–H and O–H groups in total. The van der Waals surface area contributed by atoms with Crippen LogP contribution in [0.25, 0.3) is 22.3 Å². The maximum absolute atomic E-state index is 15.2. The van der Waals surface area contributed by atoms with E-state index in [1.54, 1.807) is 35.5 Å². The molecule has 0 unspecified atom stereocenters. The Morgan fingerprint density at radius 1 is 1.13 bits per heavy atom. The molecule has 0 saturated carbocycles. The number of rotatable bonds is 6. The zero-order valence-corrected chi connectivity index (χ0v) is 20.5. The van der Waals surface area contributed by atoms with Crippen molar-refractivity contribution in [3.63, 3.8) is 0 Å². The van der Waals surface area contributed by atoms with Gasteiger partial charge < -0.3 is 25.2 Å². The van der Waals surface area contributed by atoms with Crippen LogP contribution in [0, 0.1) is 5.82 Å². The van der Waals surface area contributed by atoms with Gasteiger partial charge in [-0.1, -0.05) is 6.07 Å². The lowest BCUT2D eigenvalue weighted by Crippen LogP contribution is -2.49. The molecular weight excluding hydrogens is 506 g/mol. The number of hydrogen-bond donors (Lipinski definition) is 2. The van der Waals surface area contributed by atoms with Gasteiger partial charge in [0, 0.05) is 63.8 Å². The molecule has 5 rings (SSSR count). The SMILES string of the molecule is O=C(CC(F)(F)F)N1CCN(c2ccc(-c3cc4nccnc4c(NC[C@@H]4CNCCO4)n3)cc2F)CC1. The molecule has 2 aromatic heterocycles. The number of anilines is 2. The van der Waals surface area contributed by atoms with Crippen LogP contribution in [0.5, 0.6) is 0 Å². The zero-order chi connectivity index (χ0) is 26.7. The molecule has 9 nitrogen and oxygen atoms in total. The Hall–Kier alpha value is -3.58. The van der Waals surface area contributed by atoms with Crippen LogP contribution >= 0.6 is 0 Å². The highest BCUT2D eigenvalue weighted by atomic mass is 19.4. The van der Waals surface area contributed by atoms with Crippen LogP contribution in [0.4, 0.5) is 29.1 Å². The highest BCUT2D eigenvalue weighted by Crippen LogP contribution is 2.30. The maximum Gasteiger partial charge on any atom is 0.397 e. The second-order valence-corrected chi connectivity index (χ2v) is 9.18. The molecule has 3 aromatic rings. The van der Waals surface area contributed by atoms with Gasteiger partial charge in [-0.2, -0.15) is 13.2 Å². The van der Waals surface area contributed by atoms with Crippen LogP contribution in [-0.4, -0.2) is 90.5 Å². The normalized spacial score (nSPS) is 18.6. The van der Waals surface area contributed by atoms with Crippen LogP contribution in [-0.2, 0) is 9.53 Å². The van der Waals surface area contributed by atoms with E-state index in [1.807, 2.05) is 0 Å². The highest BCUT2D eigenvalue weighted by molar-refractivity contribution is 5.88. The molecule has 2 aliphatic heterocycles. The van der Waals surface area contributed by atoms with E-state index in [0.29, 0.717) is 53.5 Å². The minimum absolute atomic E-state index is 0.0260. The molecule has 0 radical (unpaired) electrons. The number of ether oxygens (including phenoxy) is 1. The summed E-state index contributed by atoms with van der Waals surface area (Å²) in [4.78, 5) is 28.2. The van der Waals surface area contributed by atoms with E-state index in [0.717, 1.165) is 6.54 Å². The average Bonchev–Trinajstić information content (AvgIpc) is 2.91. The molecule has 202 valence electrons. The number of aromatic nitrogens is 3. The lowest BCUT2D eigenvalue weighted by atomic mass is 10.1. The third-order valence-corrected chi connectivity index (χ3v) is 6.53. The number of pyridine rings is 1. The van der Waals surface area contributed by atoms with Crippen molar-refractivity contribution in [2.24, 2.45) is 0 Å². The van der Waals surface area contributed by atoms with Crippen molar-refractivity contribution in [1.82, 2.24) is 25.2 Å². The smallest absolute Gasteiger partial charge is 0.374 e. The summed E-state index contributed by atoms with van der Waals surface area (Å²) in [5.74, 6) is -0.937. The van der Waals surface area contributed by atoms with E-state index in [-0.39, 0.29) is 32.3 Å². The van der Waals surface area contributed by atoms with Crippen molar-refractivity contribution < 1.29 is 27.1 Å². The number of morpholine rings is 1. The second-order valence-electron chi connectivity index (χ2n) is 9.18. The first-order valence-electron chi connectivity index (χ1n) is 12.3. The Morgan fingerprint density at radius 3 is 2.63 bits per heavy atom. The summed E-state index contributed by atoms with van der Waals surface area (Å²) in [6.07, 6.45) is -2.90. The number of nitrogens with one attached hydrogen (secondary N) is 2. The predicted molar refractivity (Wildman–Crippen MR) is 133 cm³/mol. The van der Waals surface area contributed by atoms with Gasteiger partial charge in [0.1, 0.15) is 17.8 Å². The number of nitrogens with zero attached hydrogens (tertiary/aromatic N) is 5. The first-order valence-corrected chi connectivity index (χ1v) is 12.3. The van der Waals surface area contributed by atoms with E-state index in [1.165, 1.54) is 11.0 Å². The third-order valence-electron chi connectivity index (χ3n) is 6.53. The van der Waals surface area contributed by atoms with Gasteiger partial charge in [0.2, 0.25) is 5.91 Å². The molecule has 2 saturated heterocycles. The fourth-order valence-electron chi connectivity index (χ4n) is 4.61. The molecule has 1 aromatic carbocycles. The number of benzene rings is 1. The summed E-state index contributed by atoms with van der Waals surface area (Å²) >= 11 is 0. The van der Waals surface area contributed by atoms with Gasteiger partial charge in [0.15, 0.2) is 5.82 Å². The van der Waals surface area contributed by atoms with Crippen molar-refractivity contribution in [3.8, 4) is 11.3 Å². The number of hydrogen-bond acceptors (Lipinski definition) is 8. The van der Waals surface area contributed by atoms with Gasteiger partial charge in [-0.15, -0.1) is 0 Å². The number of fused-ring (bicyclic) bond motifs is 1. The fourth-order valence-corrected chi connectivity index (χ4v) is 4.61. The Morgan fingerprint density at radius 2 is 1.92 bits per heavy atom. The molecule has 2 fully saturated rings. The fraction of sp³-hybridized carbons (Fsp3) is 0.440. The standard InChI is InChI=1S/C25H27F4N7O2/c26-18-11-16(1-2-21(18)35-6-8-36(9-7-35)22(37)13-25(27,28)29)19-12-20-23(32-4-3-31-20)24(34-19)33-15-17-14-30-5-10-38-17/h1-4,11-12,17,30H,5-10,13-15H2,(H,33,34)/t17-/m0/s1. The lowest BCUT2D eigenvalue weighted by molar-refractivity contribution is -0.161. The molecule has 38 heavy (non-hydrogen) atoms. The van der Waals surface area contributed by atoms with Gasteiger partial charge in [-0.25, -0.2) is 14.4 Å². The van der Waals surface area contributed by atoms with Crippen LogP contribution in [0.1, 0.15) is 6.42 Å². The van der Waals surface area contributed by atoms with Crippen molar-refractivity contribution in [3.05, 3.63) is 42.5 Å². The highest BCUT2D eigenvalue weighted by Gasteiger charge is 2.34. The van der Waals surface area contributed by atoms with Crippen molar-refractivity contribution in [2.75, 3.05) is 62.6 Å². The minimum atomic E-state index is -4.55. The molecular formula is C25H27F4N7O2. The van der Waals surface area contributed by atoms with Crippen molar-refractivity contribution in [2.45, 2.75) is 18.7 Å². The molecule has 0 aliphatic carbocycles. The minimum Gasteiger partial charge on any atom is -0.374 e. The number of piperazine rings is 1. The second kappa shape index (κ2) is 11.0. The van der Waals surface area contributed by atoms with Crippen molar-refractivity contribution in [1.29, 1.82) is 0 Å². The Kier molecular flexibility index (Phi) is 7.56. The van der Waals surface area contributed by atoms with E-state index >= 15 is 4.39 Å².